The van der Waals surface area contributed by atoms with E-state index in [0.29, 0.717) is 74.3 Å². The van der Waals surface area contributed by atoms with E-state index in [-0.39, 0.29) is 35.5 Å². The molecule has 52 heavy (non-hydrogen) atoms. The number of hydrogen-bond acceptors (Lipinski definition) is 14. The van der Waals surface area contributed by atoms with Crippen molar-refractivity contribution < 1.29 is 49.4 Å². The highest BCUT2D eigenvalue weighted by Gasteiger charge is 2.83. The molecule has 0 spiro atoms. The fourth-order valence-electron chi connectivity index (χ4n) is 8.04. The molecule has 6 rings (SSSR count). The normalized spacial score (nSPS) is 41.8. The number of hydrogen-bond donors (Lipinski definition) is 2. The Morgan fingerprint density at radius 2 is 0.442 bits per heavy atom. The molecule has 4 atom stereocenters. The van der Waals surface area contributed by atoms with Crippen LogP contribution in [0.2, 0.25) is 48.4 Å². The fraction of sp³-hybridized carbons (Fsp3) is 1.00. The van der Waals surface area contributed by atoms with E-state index < -0.39 is 70.4 Å². The highest BCUT2D eigenvalue weighted by Crippen LogP contribution is 2.55. The number of rotatable bonds is 18. The lowest BCUT2D eigenvalue weighted by molar-refractivity contribution is -0.0336. The van der Waals surface area contributed by atoms with Gasteiger partial charge in [-0.1, -0.05) is 83.1 Å². The van der Waals surface area contributed by atoms with Gasteiger partial charge in [-0.05, 0) is 61.4 Å². The second-order valence-corrected chi connectivity index (χ2v) is 42.2. The lowest BCUT2D eigenvalue weighted by atomic mass is 10.3. The Hall–Kier alpha value is 1.18. The molecule has 0 amide bonds. The first-order valence-electron chi connectivity index (χ1n) is 19.9. The molecule has 6 heterocycles. The maximum Gasteiger partial charge on any atom is 0.479 e. The van der Waals surface area contributed by atoms with Crippen molar-refractivity contribution >= 4 is 70.4 Å². The standard InChI is InChI=1S/C30H70N2O12Si8/c1-25(2)19-47-34-45(17-13-15-31)33-46(18-14-16-32)36-48(38-47,20-26(3)4)41-52(24-30(11)12)43-50(37-46,22-28(7)8)39-49(35-45,21-27(5)6)42-51(40-47,44-52)23-29(9)10/h25-30H,13-24,31-32H2,1-12H3. The largest absolute Gasteiger partial charge is 0.479 e. The minimum atomic E-state index is -3.91. The van der Waals surface area contributed by atoms with Crippen molar-refractivity contribution in [2.24, 2.45) is 47.0 Å². The molecule has 6 aliphatic rings. The van der Waals surface area contributed by atoms with Gasteiger partial charge in [0.2, 0.25) is 0 Å². The molecule has 6 fully saturated rings. The average Bonchev–Trinajstić information content (AvgIpc) is 2.88. The molecule has 6 aliphatic heterocycles. The Bertz CT molecular complexity index is 1080. The zero-order valence-electron chi connectivity index (χ0n) is 34.0. The highest BCUT2D eigenvalue weighted by atomic mass is 28.6. The van der Waals surface area contributed by atoms with Crippen molar-refractivity contribution in [2.45, 2.75) is 144 Å². The van der Waals surface area contributed by atoms with Crippen LogP contribution in [0.1, 0.15) is 95.9 Å². The maximum absolute atomic E-state index is 7.70. The Balaban J connectivity index is 1.95. The summed E-state index contributed by atoms with van der Waals surface area (Å²) in [6.07, 6.45) is 1.16. The Kier molecular flexibility index (Phi) is 14.0. The molecule has 4 unspecified atom stereocenters. The van der Waals surface area contributed by atoms with Gasteiger partial charge in [0, 0.05) is 48.4 Å². The topological polar surface area (TPSA) is 163 Å². The summed E-state index contributed by atoms with van der Waals surface area (Å²) in [4.78, 5) is 0. The van der Waals surface area contributed by atoms with Gasteiger partial charge in [0.15, 0.2) is 0 Å². The third kappa shape index (κ3) is 10.1. The SMILES string of the molecule is CC(C)C[Si]12O[Si]3(CCCN)O[Si]4(CCCN)O[Si](CC(C)C)(O1)O[Si]1(CC(C)C)O[Si](CC(C)C)(O4)O[Si](CC(C)C)(O3)O[Si](CC(C)C)(O2)O1. The summed E-state index contributed by atoms with van der Waals surface area (Å²) in [6.45, 7) is 26.6. The molecule has 0 aromatic heterocycles. The van der Waals surface area contributed by atoms with E-state index in [2.05, 4.69) is 83.1 Å². The van der Waals surface area contributed by atoms with Crippen LogP contribution in [-0.2, 0) is 49.4 Å². The van der Waals surface area contributed by atoms with Crippen molar-refractivity contribution in [1.29, 1.82) is 0 Å². The molecule has 0 aliphatic carbocycles. The van der Waals surface area contributed by atoms with E-state index in [0.717, 1.165) is 0 Å². The predicted molar refractivity (Wildman–Crippen MR) is 214 cm³/mol. The predicted octanol–water partition coefficient (Wildman–Crippen LogP) is 6.40. The summed E-state index contributed by atoms with van der Waals surface area (Å²) in [7, 11) is -31.2. The van der Waals surface area contributed by atoms with Crippen molar-refractivity contribution in [3.05, 3.63) is 0 Å². The molecule has 14 nitrogen and oxygen atoms in total. The fourth-order valence-corrected chi connectivity index (χ4v) is 59.5. The Labute approximate surface area is 322 Å². The van der Waals surface area contributed by atoms with Crippen molar-refractivity contribution in [1.82, 2.24) is 0 Å². The summed E-state index contributed by atoms with van der Waals surface area (Å²) in [5, 5.41) is 0. The third-order valence-electron chi connectivity index (χ3n) is 9.06. The summed E-state index contributed by atoms with van der Waals surface area (Å²) >= 11 is 0. The molecule has 6 saturated heterocycles. The van der Waals surface area contributed by atoms with Crippen LogP contribution in [0.5, 0.6) is 0 Å². The van der Waals surface area contributed by atoms with Crippen LogP contribution in [-0.4, -0.2) is 83.5 Å². The van der Waals surface area contributed by atoms with E-state index in [9.17, 15) is 0 Å². The highest BCUT2D eigenvalue weighted by molar-refractivity contribution is 7.03. The maximum atomic E-state index is 7.70. The minimum absolute atomic E-state index is 0.118. The van der Waals surface area contributed by atoms with Crippen molar-refractivity contribution in [2.75, 3.05) is 13.1 Å². The lowest BCUT2D eigenvalue weighted by Gasteiger charge is -2.64. The molecule has 22 heteroatoms. The smallest absolute Gasteiger partial charge is 0.373 e. The first-order valence-corrected chi connectivity index (χ1v) is 35.4. The second kappa shape index (κ2) is 16.4. The second-order valence-electron chi connectivity index (χ2n) is 18.1. The Morgan fingerprint density at radius 3 is 0.596 bits per heavy atom. The summed E-state index contributed by atoms with van der Waals surface area (Å²) < 4.78 is 92.0. The van der Waals surface area contributed by atoms with Crippen LogP contribution < -0.4 is 11.5 Å². The molecular weight excluding hydrogens is 805 g/mol. The van der Waals surface area contributed by atoms with Crippen LogP contribution in [0.3, 0.4) is 0 Å². The van der Waals surface area contributed by atoms with Gasteiger partial charge < -0.3 is 60.8 Å². The van der Waals surface area contributed by atoms with Crippen LogP contribution in [0, 0.1) is 35.5 Å². The molecule has 0 saturated carbocycles. The van der Waals surface area contributed by atoms with Gasteiger partial charge in [-0.3, -0.25) is 0 Å². The van der Waals surface area contributed by atoms with Gasteiger partial charge in [0.05, 0.1) is 0 Å². The monoisotopic (exact) mass is 874 g/mol. The molecule has 304 valence electrons. The van der Waals surface area contributed by atoms with E-state index in [4.69, 9.17) is 60.8 Å². The lowest BCUT2D eigenvalue weighted by Crippen LogP contribution is -2.88. The summed E-state index contributed by atoms with van der Waals surface area (Å²) in [6, 6.07) is 3.66. The third-order valence-corrected chi connectivity index (χ3v) is 48.7. The van der Waals surface area contributed by atoms with Crippen LogP contribution in [0.25, 0.3) is 0 Å². The Morgan fingerprint density at radius 1 is 0.288 bits per heavy atom. The van der Waals surface area contributed by atoms with Crippen molar-refractivity contribution in [3.63, 3.8) is 0 Å². The van der Waals surface area contributed by atoms with E-state index in [1.807, 2.05) is 0 Å². The van der Waals surface area contributed by atoms with Crippen LogP contribution in [0.15, 0.2) is 0 Å². The molecule has 4 N–H and O–H groups in total. The van der Waals surface area contributed by atoms with Gasteiger partial charge in [0.25, 0.3) is 0 Å². The number of nitrogens with two attached hydrogens (primary N) is 2. The molecule has 8 bridgehead atoms. The summed E-state index contributed by atoms with van der Waals surface area (Å²) in [5.74, 6) is 0.729. The van der Waals surface area contributed by atoms with E-state index in [1.54, 1.807) is 0 Å². The quantitative estimate of drug-likeness (QED) is 0.146. The van der Waals surface area contributed by atoms with E-state index in [1.165, 1.54) is 0 Å². The first kappa shape index (κ1) is 44.3. The van der Waals surface area contributed by atoms with Gasteiger partial charge in [-0.2, -0.15) is 0 Å². The van der Waals surface area contributed by atoms with Gasteiger partial charge in [0.1, 0.15) is 0 Å². The molecule has 0 radical (unpaired) electrons. The zero-order chi connectivity index (χ0) is 38.4. The van der Waals surface area contributed by atoms with Gasteiger partial charge in [-0.15, -0.1) is 0 Å². The molecule has 0 aromatic carbocycles. The van der Waals surface area contributed by atoms with Gasteiger partial charge >= 0.3 is 70.4 Å². The van der Waals surface area contributed by atoms with Crippen LogP contribution >= 0.6 is 0 Å². The van der Waals surface area contributed by atoms with Gasteiger partial charge in [-0.25, -0.2) is 0 Å². The van der Waals surface area contributed by atoms with Crippen LogP contribution in [0.4, 0.5) is 0 Å². The average molecular weight is 876 g/mol. The van der Waals surface area contributed by atoms with E-state index >= 15 is 0 Å². The summed E-state index contributed by atoms with van der Waals surface area (Å²) in [5.41, 5.74) is 12.5. The molecule has 0 aromatic rings. The minimum Gasteiger partial charge on any atom is -0.373 e. The van der Waals surface area contributed by atoms with Crippen molar-refractivity contribution in [3.8, 4) is 0 Å². The zero-order valence-corrected chi connectivity index (χ0v) is 42.0. The molecular formula is C30H70N2O12Si8. The first-order chi connectivity index (χ1) is 24.1.